The van der Waals surface area contributed by atoms with E-state index in [1.54, 1.807) is 11.1 Å². The molecule has 24 heavy (non-hydrogen) atoms. The van der Waals surface area contributed by atoms with Gasteiger partial charge < -0.3 is 5.11 Å². The molecule has 2 rings (SSSR count). The molecule has 0 spiro atoms. The second kappa shape index (κ2) is 7.77. The summed E-state index contributed by atoms with van der Waals surface area (Å²) in [4.78, 5) is 22.6. The van der Waals surface area contributed by atoms with Gasteiger partial charge in [-0.25, -0.2) is 5.01 Å². The lowest BCUT2D eigenvalue weighted by Gasteiger charge is -2.26. The SMILES string of the molecule is N#CC(C(=O)NN1CCCCC1)=C(O)c1ccc(Cl)cc1[N+](=O)[O-]. The van der Waals surface area contributed by atoms with Crippen molar-refractivity contribution in [1.82, 2.24) is 10.4 Å². The standard InChI is InChI=1S/C15H15ClN4O4/c16-10-4-5-11(13(8-10)20(23)24)14(21)12(9-17)15(22)18-19-6-2-1-3-7-19/h4-5,8,21H,1-3,6-7H2,(H,18,22). The highest BCUT2D eigenvalue weighted by atomic mass is 35.5. The maximum atomic E-state index is 12.2. The van der Waals surface area contributed by atoms with Crippen molar-refractivity contribution in [3.63, 3.8) is 0 Å². The van der Waals surface area contributed by atoms with Gasteiger partial charge in [-0.3, -0.25) is 20.3 Å². The summed E-state index contributed by atoms with van der Waals surface area (Å²) in [7, 11) is 0. The molecule has 1 aliphatic heterocycles. The first-order valence-corrected chi connectivity index (χ1v) is 7.65. The minimum atomic E-state index is -0.804. The van der Waals surface area contributed by atoms with Gasteiger partial charge >= 0.3 is 0 Å². The van der Waals surface area contributed by atoms with Crippen LogP contribution in [0.2, 0.25) is 5.02 Å². The summed E-state index contributed by atoms with van der Waals surface area (Å²) in [6, 6.07) is 5.18. The molecule has 126 valence electrons. The monoisotopic (exact) mass is 350 g/mol. The topological polar surface area (TPSA) is 120 Å². The molecule has 1 aliphatic rings. The normalized spacial score (nSPS) is 16.0. The maximum Gasteiger partial charge on any atom is 0.281 e. The summed E-state index contributed by atoms with van der Waals surface area (Å²) in [5.41, 5.74) is 1.22. The van der Waals surface area contributed by atoms with Crippen LogP contribution in [0.5, 0.6) is 0 Å². The van der Waals surface area contributed by atoms with Gasteiger partial charge in [0.05, 0.1) is 10.5 Å². The number of benzene rings is 1. The number of hydrazine groups is 1. The Balaban J connectivity index is 2.34. The van der Waals surface area contributed by atoms with Crippen LogP contribution in [-0.2, 0) is 4.79 Å². The second-order valence-corrected chi connectivity index (χ2v) is 5.68. The molecule has 0 aliphatic carbocycles. The average Bonchev–Trinajstić information content (AvgIpc) is 2.56. The van der Waals surface area contributed by atoms with Gasteiger partial charge in [-0.1, -0.05) is 18.0 Å². The predicted octanol–water partition coefficient (Wildman–Crippen LogP) is 2.56. The summed E-state index contributed by atoms with van der Waals surface area (Å²) in [5.74, 6) is -1.56. The van der Waals surface area contributed by atoms with Crippen LogP contribution in [0.15, 0.2) is 23.8 Å². The van der Waals surface area contributed by atoms with E-state index >= 15 is 0 Å². The number of nitrogens with zero attached hydrogens (tertiary/aromatic N) is 3. The molecule has 0 saturated carbocycles. The molecule has 1 aromatic carbocycles. The third-order valence-corrected chi connectivity index (χ3v) is 3.84. The number of nitrogens with one attached hydrogen (secondary N) is 1. The van der Waals surface area contributed by atoms with Crippen molar-refractivity contribution in [3.8, 4) is 6.07 Å². The van der Waals surface area contributed by atoms with E-state index in [1.807, 2.05) is 0 Å². The van der Waals surface area contributed by atoms with Gasteiger partial charge in [0.2, 0.25) is 0 Å². The summed E-state index contributed by atoms with van der Waals surface area (Å²) in [6.45, 7) is 1.29. The van der Waals surface area contributed by atoms with Gasteiger partial charge in [-0.2, -0.15) is 5.26 Å². The Labute approximate surface area is 143 Å². The lowest BCUT2D eigenvalue weighted by atomic mass is 10.1. The summed E-state index contributed by atoms with van der Waals surface area (Å²) >= 11 is 5.72. The number of rotatable bonds is 4. The number of nitro groups is 1. The third-order valence-electron chi connectivity index (χ3n) is 3.60. The van der Waals surface area contributed by atoms with E-state index in [9.17, 15) is 25.3 Å². The Kier molecular flexibility index (Phi) is 5.73. The number of hydrogen-bond acceptors (Lipinski definition) is 6. The fourth-order valence-corrected chi connectivity index (χ4v) is 2.57. The zero-order valence-electron chi connectivity index (χ0n) is 12.7. The summed E-state index contributed by atoms with van der Waals surface area (Å²) in [6.07, 6.45) is 2.90. The molecule has 1 aromatic rings. The average molecular weight is 351 g/mol. The zero-order chi connectivity index (χ0) is 17.7. The quantitative estimate of drug-likeness (QED) is 0.283. The molecule has 9 heteroatoms. The van der Waals surface area contributed by atoms with Crippen molar-refractivity contribution < 1.29 is 14.8 Å². The first kappa shape index (κ1) is 17.7. The Morgan fingerprint density at radius 2 is 2.04 bits per heavy atom. The summed E-state index contributed by atoms with van der Waals surface area (Å²) in [5, 5.41) is 32.3. The molecule has 0 radical (unpaired) electrons. The third kappa shape index (κ3) is 4.01. The number of nitriles is 1. The fourth-order valence-electron chi connectivity index (χ4n) is 2.41. The largest absolute Gasteiger partial charge is 0.505 e. The van der Waals surface area contributed by atoms with E-state index in [0.29, 0.717) is 13.1 Å². The van der Waals surface area contributed by atoms with Gasteiger partial charge in [-0.15, -0.1) is 0 Å². The molecule has 2 N–H and O–H groups in total. The van der Waals surface area contributed by atoms with Crippen molar-refractivity contribution in [1.29, 1.82) is 5.26 Å². The molecular weight excluding hydrogens is 336 g/mol. The van der Waals surface area contributed by atoms with Gasteiger partial charge in [0.15, 0.2) is 11.3 Å². The van der Waals surface area contributed by atoms with E-state index in [-0.39, 0.29) is 10.6 Å². The van der Waals surface area contributed by atoms with Crippen LogP contribution in [0.1, 0.15) is 24.8 Å². The Hall–Kier alpha value is -2.63. The van der Waals surface area contributed by atoms with Crippen LogP contribution < -0.4 is 5.43 Å². The minimum absolute atomic E-state index is 0.106. The maximum absolute atomic E-state index is 12.2. The van der Waals surface area contributed by atoms with Gasteiger partial charge in [0.1, 0.15) is 6.07 Å². The van der Waals surface area contributed by atoms with E-state index in [1.165, 1.54) is 12.1 Å². The van der Waals surface area contributed by atoms with E-state index in [4.69, 9.17) is 11.6 Å². The number of halogens is 1. The number of carbonyl (C=O) groups excluding carboxylic acids is 1. The van der Waals surface area contributed by atoms with Crippen molar-refractivity contribution >= 4 is 29.0 Å². The molecule has 0 unspecified atom stereocenters. The van der Waals surface area contributed by atoms with Crippen molar-refractivity contribution in [2.24, 2.45) is 0 Å². The van der Waals surface area contributed by atoms with Crippen LogP contribution in [-0.4, -0.2) is 34.0 Å². The molecule has 8 nitrogen and oxygen atoms in total. The molecule has 1 saturated heterocycles. The number of aliphatic hydroxyl groups is 1. The molecule has 0 bridgehead atoms. The molecule has 1 fully saturated rings. The number of carbonyl (C=O) groups is 1. The molecule has 0 atom stereocenters. The van der Waals surface area contributed by atoms with Crippen molar-refractivity contribution in [2.75, 3.05) is 13.1 Å². The molecular formula is C15H15ClN4O4. The Morgan fingerprint density at radius 1 is 1.38 bits per heavy atom. The molecule has 1 heterocycles. The van der Waals surface area contributed by atoms with Crippen LogP contribution >= 0.6 is 11.6 Å². The van der Waals surface area contributed by atoms with Crippen LogP contribution in [0, 0.1) is 21.4 Å². The number of piperidine rings is 1. The van der Waals surface area contributed by atoms with Crippen LogP contribution in [0.3, 0.4) is 0 Å². The first-order valence-electron chi connectivity index (χ1n) is 7.27. The summed E-state index contributed by atoms with van der Waals surface area (Å²) < 4.78 is 0. The van der Waals surface area contributed by atoms with Gasteiger partial charge in [0.25, 0.3) is 11.6 Å². The number of hydrogen-bond donors (Lipinski definition) is 2. The lowest BCUT2D eigenvalue weighted by Crippen LogP contribution is -2.45. The van der Waals surface area contributed by atoms with E-state index in [2.05, 4.69) is 5.43 Å². The van der Waals surface area contributed by atoms with E-state index in [0.717, 1.165) is 25.3 Å². The van der Waals surface area contributed by atoms with Gasteiger partial charge in [0, 0.05) is 24.2 Å². The molecule has 1 amide bonds. The van der Waals surface area contributed by atoms with Crippen LogP contribution in [0.4, 0.5) is 5.69 Å². The Bertz CT molecular complexity index is 735. The minimum Gasteiger partial charge on any atom is -0.505 e. The number of amides is 1. The predicted molar refractivity (Wildman–Crippen MR) is 86.8 cm³/mol. The zero-order valence-corrected chi connectivity index (χ0v) is 13.4. The van der Waals surface area contributed by atoms with Crippen molar-refractivity contribution in [3.05, 3.63) is 44.5 Å². The Morgan fingerprint density at radius 3 is 2.62 bits per heavy atom. The number of aliphatic hydroxyl groups excluding tert-OH is 1. The van der Waals surface area contributed by atoms with Crippen LogP contribution in [0.25, 0.3) is 5.76 Å². The highest BCUT2D eigenvalue weighted by molar-refractivity contribution is 6.30. The van der Waals surface area contributed by atoms with Gasteiger partial charge in [-0.05, 0) is 25.0 Å². The van der Waals surface area contributed by atoms with E-state index < -0.39 is 27.9 Å². The highest BCUT2D eigenvalue weighted by Gasteiger charge is 2.25. The lowest BCUT2D eigenvalue weighted by molar-refractivity contribution is -0.385. The smallest absolute Gasteiger partial charge is 0.281 e. The number of nitro benzene ring substituents is 1. The first-order chi connectivity index (χ1) is 11.4. The molecule has 0 aromatic heterocycles. The second-order valence-electron chi connectivity index (χ2n) is 5.24. The fraction of sp³-hybridized carbons (Fsp3) is 0.333. The van der Waals surface area contributed by atoms with Crippen molar-refractivity contribution in [2.45, 2.75) is 19.3 Å². The highest BCUT2D eigenvalue weighted by Crippen LogP contribution is 2.29.